The summed E-state index contributed by atoms with van der Waals surface area (Å²) >= 11 is 0. The summed E-state index contributed by atoms with van der Waals surface area (Å²) in [6.07, 6.45) is 0.886. The van der Waals surface area contributed by atoms with Crippen molar-refractivity contribution in [1.29, 1.82) is 0 Å². The fourth-order valence-electron chi connectivity index (χ4n) is 3.09. The molecule has 1 atom stereocenters. The van der Waals surface area contributed by atoms with Gasteiger partial charge in [-0.25, -0.2) is 0 Å². The van der Waals surface area contributed by atoms with Crippen molar-refractivity contribution in [2.45, 2.75) is 19.4 Å². The van der Waals surface area contributed by atoms with Gasteiger partial charge in [0.1, 0.15) is 0 Å². The second-order valence-electron chi connectivity index (χ2n) is 6.10. The normalized spacial score (nSPS) is 17.4. The van der Waals surface area contributed by atoms with Crippen LogP contribution in [-0.2, 0) is 4.74 Å². The number of hydrogen-bond acceptors (Lipinski definition) is 4. The van der Waals surface area contributed by atoms with Crippen LogP contribution in [0.15, 0.2) is 42.5 Å². The van der Waals surface area contributed by atoms with Gasteiger partial charge >= 0.3 is 0 Å². The van der Waals surface area contributed by atoms with Crippen LogP contribution in [0.5, 0.6) is 11.5 Å². The molecule has 0 unspecified atom stereocenters. The van der Waals surface area contributed by atoms with E-state index in [0.717, 1.165) is 17.5 Å². The van der Waals surface area contributed by atoms with Crippen molar-refractivity contribution in [3.05, 3.63) is 48.0 Å². The molecule has 25 heavy (non-hydrogen) atoms. The van der Waals surface area contributed by atoms with Crippen molar-refractivity contribution in [2.24, 2.45) is 0 Å². The van der Waals surface area contributed by atoms with Crippen LogP contribution in [0.25, 0.3) is 11.1 Å². The Kier molecular flexibility index (Phi) is 5.24. The standard InChI is InChI=1S/C20H23NO4/c1-3-17-13-25-11-10-21(17)20(23)15-6-4-14(5-7-15)16-8-9-18(22)19(12-16)24-2/h4-9,12,17,22H,3,10-11,13H2,1-2H3/t17-/m0/s1. The Balaban J connectivity index is 1.81. The lowest BCUT2D eigenvalue weighted by atomic mass is 10.0. The van der Waals surface area contributed by atoms with E-state index >= 15 is 0 Å². The summed E-state index contributed by atoms with van der Waals surface area (Å²) in [5.41, 5.74) is 2.56. The summed E-state index contributed by atoms with van der Waals surface area (Å²) in [6.45, 7) is 3.90. The number of methoxy groups -OCH3 is 1. The number of hydrogen-bond donors (Lipinski definition) is 1. The first-order valence-corrected chi connectivity index (χ1v) is 8.50. The van der Waals surface area contributed by atoms with Crippen LogP contribution < -0.4 is 4.74 Å². The fraction of sp³-hybridized carbons (Fsp3) is 0.350. The maximum absolute atomic E-state index is 12.8. The van der Waals surface area contributed by atoms with E-state index < -0.39 is 0 Å². The van der Waals surface area contributed by atoms with E-state index in [9.17, 15) is 9.90 Å². The van der Waals surface area contributed by atoms with Crippen molar-refractivity contribution < 1.29 is 19.4 Å². The minimum absolute atomic E-state index is 0.0463. The predicted molar refractivity (Wildman–Crippen MR) is 96.0 cm³/mol. The Morgan fingerprint density at radius 2 is 1.96 bits per heavy atom. The van der Waals surface area contributed by atoms with E-state index in [1.165, 1.54) is 7.11 Å². The van der Waals surface area contributed by atoms with Crippen LogP contribution in [-0.4, -0.2) is 48.8 Å². The number of carbonyl (C=O) groups excluding carboxylic acids is 1. The maximum atomic E-state index is 12.8. The van der Waals surface area contributed by atoms with E-state index in [2.05, 4.69) is 6.92 Å². The smallest absolute Gasteiger partial charge is 0.254 e. The number of aromatic hydroxyl groups is 1. The molecule has 2 aromatic carbocycles. The molecular formula is C20H23NO4. The third-order valence-electron chi connectivity index (χ3n) is 4.60. The van der Waals surface area contributed by atoms with Gasteiger partial charge in [0, 0.05) is 12.1 Å². The van der Waals surface area contributed by atoms with Gasteiger partial charge < -0.3 is 19.5 Å². The van der Waals surface area contributed by atoms with E-state index in [4.69, 9.17) is 9.47 Å². The van der Waals surface area contributed by atoms with E-state index in [1.807, 2.05) is 35.2 Å². The molecule has 5 heteroatoms. The van der Waals surface area contributed by atoms with Gasteiger partial charge in [-0.3, -0.25) is 4.79 Å². The molecule has 0 spiro atoms. The van der Waals surface area contributed by atoms with Crippen LogP contribution in [0.4, 0.5) is 0 Å². The summed E-state index contributed by atoms with van der Waals surface area (Å²) < 4.78 is 10.6. The van der Waals surface area contributed by atoms with E-state index in [1.54, 1.807) is 12.1 Å². The molecule has 1 N–H and O–H groups in total. The average Bonchev–Trinajstić information content (AvgIpc) is 2.68. The van der Waals surface area contributed by atoms with E-state index in [-0.39, 0.29) is 17.7 Å². The van der Waals surface area contributed by atoms with Crippen LogP contribution >= 0.6 is 0 Å². The van der Waals surface area contributed by atoms with Crippen LogP contribution in [0, 0.1) is 0 Å². The second kappa shape index (κ2) is 7.57. The monoisotopic (exact) mass is 341 g/mol. The van der Waals surface area contributed by atoms with Crippen molar-refractivity contribution >= 4 is 5.91 Å². The quantitative estimate of drug-likeness (QED) is 0.927. The molecular weight excluding hydrogens is 318 g/mol. The summed E-state index contributed by atoms with van der Waals surface area (Å²) in [5.74, 6) is 0.581. The Morgan fingerprint density at radius 3 is 2.64 bits per heavy atom. The van der Waals surface area contributed by atoms with Crippen molar-refractivity contribution in [3.63, 3.8) is 0 Å². The molecule has 132 valence electrons. The Hall–Kier alpha value is -2.53. The van der Waals surface area contributed by atoms with E-state index in [0.29, 0.717) is 31.1 Å². The molecule has 0 aromatic heterocycles. The largest absolute Gasteiger partial charge is 0.504 e. The average molecular weight is 341 g/mol. The van der Waals surface area contributed by atoms with Gasteiger partial charge in [0.25, 0.3) is 5.91 Å². The van der Waals surface area contributed by atoms with Crippen LogP contribution in [0.1, 0.15) is 23.7 Å². The van der Waals surface area contributed by atoms with Crippen molar-refractivity contribution in [2.75, 3.05) is 26.9 Å². The first-order chi connectivity index (χ1) is 12.1. The molecule has 0 radical (unpaired) electrons. The van der Waals surface area contributed by atoms with Crippen molar-refractivity contribution in [1.82, 2.24) is 4.90 Å². The van der Waals surface area contributed by atoms with Gasteiger partial charge in [0.15, 0.2) is 11.5 Å². The van der Waals surface area contributed by atoms with Gasteiger partial charge in [-0.1, -0.05) is 25.1 Å². The highest BCUT2D eigenvalue weighted by atomic mass is 16.5. The summed E-state index contributed by atoms with van der Waals surface area (Å²) in [4.78, 5) is 14.7. The van der Waals surface area contributed by atoms with Gasteiger partial charge in [-0.2, -0.15) is 0 Å². The number of carbonyl (C=O) groups is 1. The molecule has 0 aliphatic carbocycles. The summed E-state index contributed by atoms with van der Waals surface area (Å²) in [7, 11) is 1.52. The van der Waals surface area contributed by atoms with Gasteiger partial charge in [0.2, 0.25) is 0 Å². The number of rotatable bonds is 4. The first-order valence-electron chi connectivity index (χ1n) is 8.50. The molecule has 1 fully saturated rings. The molecule has 1 aliphatic rings. The number of amides is 1. The first kappa shape index (κ1) is 17.3. The number of benzene rings is 2. The number of phenolic OH excluding ortho intramolecular Hbond substituents is 1. The van der Waals surface area contributed by atoms with Crippen LogP contribution in [0.2, 0.25) is 0 Å². The maximum Gasteiger partial charge on any atom is 0.254 e. The molecule has 5 nitrogen and oxygen atoms in total. The second-order valence-corrected chi connectivity index (χ2v) is 6.10. The molecule has 0 bridgehead atoms. The Bertz CT molecular complexity index is 742. The molecule has 1 aliphatic heterocycles. The topological polar surface area (TPSA) is 59.0 Å². The molecule has 1 heterocycles. The molecule has 0 saturated carbocycles. The SMILES string of the molecule is CC[C@H]1COCCN1C(=O)c1ccc(-c2ccc(O)c(OC)c2)cc1. The van der Waals surface area contributed by atoms with Crippen LogP contribution in [0.3, 0.4) is 0 Å². The predicted octanol–water partition coefficient (Wildman–Crippen LogP) is 3.32. The molecule has 2 aromatic rings. The minimum atomic E-state index is 0.0463. The lowest BCUT2D eigenvalue weighted by Gasteiger charge is -2.35. The molecule has 1 amide bonds. The highest BCUT2D eigenvalue weighted by Crippen LogP contribution is 2.31. The molecule has 3 rings (SSSR count). The minimum Gasteiger partial charge on any atom is -0.504 e. The fourth-order valence-corrected chi connectivity index (χ4v) is 3.09. The van der Waals surface area contributed by atoms with Crippen molar-refractivity contribution in [3.8, 4) is 22.6 Å². The van der Waals surface area contributed by atoms with Gasteiger partial charge in [-0.05, 0) is 41.8 Å². The lowest BCUT2D eigenvalue weighted by molar-refractivity contribution is -0.00279. The lowest BCUT2D eigenvalue weighted by Crippen LogP contribution is -2.48. The van der Waals surface area contributed by atoms with Gasteiger partial charge in [0.05, 0.1) is 26.4 Å². The molecule has 1 saturated heterocycles. The summed E-state index contributed by atoms with van der Waals surface area (Å²) in [6, 6.07) is 12.9. The third-order valence-corrected chi connectivity index (χ3v) is 4.60. The van der Waals surface area contributed by atoms with Gasteiger partial charge in [-0.15, -0.1) is 0 Å². The zero-order valence-electron chi connectivity index (χ0n) is 14.6. The number of phenols is 1. The Labute approximate surface area is 147 Å². The summed E-state index contributed by atoms with van der Waals surface area (Å²) in [5, 5.41) is 9.71. The zero-order chi connectivity index (χ0) is 17.8. The number of ether oxygens (including phenoxy) is 2. The number of nitrogens with zero attached hydrogens (tertiary/aromatic N) is 1. The third kappa shape index (κ3) is 3.61. The highest BCUT2D eigenvalue weighted by molar-refractivity contribution is 5.95. The Morgan fingerprint density at radius 1 is 1.24 bits per heavy atom. The highest BCUT2D eigenvalue weighted by Gasteiger charge is 2.26. The zero-order valence-corrected chi connectivity index (χ0v) is 14.6. The number of morpholine rings is 1.